The normalized spacial score (nSPS) is 9.87. The van der Waals surface area contributed by atoms with Crippen molar-refractivity contribution < 1.29 is 28.5 Å². The average Bonchev–Trinajstić information content (AvgIpc) is 2.61. The van der Waals surface area contributed by atoms with Crippen LogP contribution in [0.25, 0.3) is 0 Å². The number of ether oxygens (including phenoxy) is 4. The van der Waals surface area contributed by atoms with Gasteiger partial charge in [-0.15, -0.1) is 0 Å². The molecule has 6 heteroatoms. The van der Waals surface area contributed by atoms with Gasteiger partial charge in [-0.1, -0.05) is 6.07 Å². The van der Waals surface area contributed by atoms with Crippen LogP contribution in [-0.4, -0.2) is 33.3 Å². The molecule has 2 aromatic rings. The van der Waals surface area contributed by atoms with Crippen molar-refractivity contribution >= 4 is 11.9 Å². The van der Waals surface area contributed by atoms with Crippen LogP contribution in [0.5, 0.6) is 17.2 Å². The fourth-order valence-corrected chi connectivity index (χ4v) is 1.93. The van der Waals surface area contributed by atoms with Crippen molar-refractivity contribution in [2.75, 3.05) is 21.3 Å². The lowest BCUT2D eigenvalue weighted by atomic mass is 10.1. The summed E-state index contributed by atoms with van der Waals surface area (Å²) in [6.45, 7) is 0. The molecule has 0 bridgehead atoms. The van der Waals surface area contributed by atoms with E-state index in [2.05, 4.69) is 0 Å². The highest BCUT2D eigenvalue weighted by Crippen LogP contribution is 2.32. The van der Waals surface area contributed by atoms with Crippen LogP contribution >= 0.6 is 0 Å². The lowest BCUT2D eigenvalue weighted by Gasteiger charge is -2.12. The van der Waals surface area contributed by atoms with E-state index in [0.717, 1.165) is 0 Å². The molecule has 0 aliphatic carbocycles. The number of methoxy groups -OCH3 is 3. The smallest absolute Gasteiger partial charge is 0.343 e. The minimum Gasteiger partial charge on any atom is -0.497 e. The molecule has 6 nitrogen and oxygen atoms in total. The zero-order valence-corrected chi connectivity index (χ0v) is 13.0. The van der Waals surface area contributed by atoms with Gasteiger partial charge in [0.25, 0.3) is 0 Å². The van der Waals surface area contributed by atoms with Crippen molar-refractivity contribution in [2.45, 2.75) is 0 Å². The number of rotatable bonds is 5. The first-order valence-corrected chi connectivity index (χ1v) is 6.72. The van der Waals surface area contributed by atoms with Crippen LogP contribution < -0.4 is 14.2 Å². The Morgan fingerprint density at radius 2 is 1.52 bits per heavy atom. The van der Waals surface area contributed by atoms with Gasteiger partial charge in [0, 0.05) is 0 Å². The fourth-order valence-electron chi connectivity index (χ4n) is 1.93. The number of hydrogen-bond acceptors (Lipinski definition) is 6. The van der Waals surface area contributed by atoms with Gasteiger partial charge in [-0.05, 0) is 36.4 Å². The van der Waals surface area contributed by atoms with Crippen molar-refractivity contribution in [2.24, 2.45) is 0 Å². The highest BCUT2D eigenvalue weighted by atomic mass is 16.6. The van der Waals surface area contributed by atoms with Gasteiger partial charge in [-0.2, -0.15) is 0 Å². The molecule has 0 saturated heterocycles. The summed E-state index contributed by atoms with van der Waals surface area (Å²) < 4.78 is 20.2. The zero-order valence-electron chi connectivity index (χ0n) is 13.0. The molecule has 2 aromatic carbocycles. The summed E-state index contributed by atoms with van der Waals surface area (Å²) in [6, 6.07) is 11.1. The Morgan fingerprint density at radius 1 is 0.826 bits per heavy atom. The lowest BCUT2D eigenvalue weighted by molar-refractivity contribution is 0.0591. The molecule has 0 unspecified atom stereocenters. The standard InChI is InChI=1S/C17H16O6/c1-20-12-9-7-11(8-10-12)16(18)23-15-13(17(19)22-3)5-4-6-14(15)21-2/h4-10H,1-3H3. The summed E-state index contributed by atoms with van der Waals surface area (Å²) in [6.07, 6.45) is 0. The summed E-state index contributed by atoms with van der Waals surface area (Å²) in [5, 5.41) is 0. The maximum absolute atomic E-state index is 12.3. The van der Waals surface area contributed by atoms with E-state index in [1.165, 1.54) is 27.4 Å². The quantitative estimate of drug-likeness (QED) is 0.624. The molecule has 0 N–H and O–H groups in total. The topological polar surface area (TPSA) is 71.1 Å². The van der Waals surface area contributed by atoms with Crippen LogP contribution in [0, 0.1) is 0 Å². The average molecular weight is 316 g/mol. The maximum Gasteiger partial charge on any atom is 0.343 e. The second-order valence-corrected chi connectivity index (χ2v) is 4.45. The Hall–Kier alpha value is -3.02. The first kappa shape index (κ1) is 16.4. The monoisotopic (exact) mass is 316 g/mol. The Bertz CT molecular complexity index is 706. The SMILES string of the molecule is COC(=O)c1cccc(OC)c1OC(=O)c1ccc(OC)cc1. The molecule has 23 heavy (non-hydrogen) atoms. The Kier molecular flexibility index (Phi) is 5.19. The molecular weight excluding hydrogens is 300 g/mol. The number of hydrogen-bond donors (Lipinski definition) is 0. The number of benzene rings is 2. The van der Waals surface area contributed by atoms with Crippen LogP contribution in [0.2, 0.25) is 0 Å². The van der Waals surface area contributed by atoms with E-state index in [1.54, 1.807) is 36.4 Å². The molecule has 2 rings (SSSR count). The predicted molar refractivity (Wildman–Crippen MR) is 82.3 cm³/mol. The first-order valence-electron chi connectivity index (χ1n) is 6.72. The third kappa shape index (κ3) is 3.60. The van der Waals surface area contributed by atoms with Crippen molar-refractivity contribution in [1.82, 2.24) is 0 Å². The van der Waals surface area contributed by atoms with Crippen molar-refractivity contribution in [3.63, 3.8) is 0 Å². The van der Waals surface area contributed by atoms with E-state index in [4.69, 9.17) is 18.9 Å². The maximum atomic E-state index is 12.3. The molecule has 0 amide bonds. The molecule has 0 atom stereocenters. The van der Waals surface area contributed by atoms with Crippen molar-refractivity contribution in [3.05, 3.63) is 53.6 Å². The molecule has 0 fully saturated rings. The van der Waals surface area contributed by atoms with Gasteiger partial charge >= 0.3 is 11.9 Å². The number of carbonyl (C=O) groups is 2. The molecule has 120 valence electrons. The van der Waals surface area contributed by atoms with E-state index >= 15 is 0 Å². The molecular formula is C17H16O6. The summed E-state index contributed by atoms with van der Waals surface area (Å²) in [5.74, 6) is -0.352. The van der Waals surface area contributed by atoms with Crippen LogP contribution in [0.1, 0.15) is 20.7 Å². The van der Waals surface area contributed by atoms with Crippen LogP contribution in [0.3, 0.4) is 0 Å². The fraction of sp³-hybridized carbons (Fsp3) is 0.176. The van der Waals surface area contributed by atoms with Crippen molar-refractivity contribution in [3.8, 4) is 17.2 Å². The molecule has 0 aliphatic rings. The Morgan fingerprint density at radius 3 is 2.09 bits per heavy atom. The Labute approximate surface area is 133 Å². The van der Waals surface area contributed by atoms with Gasteiger partial charge in [0.05, 0.1) is 26.9 Å². The van der Waals surface area contributed by atoms with Crippen LogP contribution in [0.15, 0.2) is 42.5 Å². The summed E-state index contributed by atoms with van der Waals surface area (Å²) in [4.78, 5) is 24.1. The number of esters is 2. The largest absolute Gasteiger partial charge is 0.497 e. The molecule has 0 radical (unpaired) electrons. The van der Waals surface area contributed by atoms with Gasteiger partial charge in [0.15, 0.2) is 11.5 Å². The van der Waals surface area contributed by atoms with Gasteiger partial charge in [-0.3, -0.25) is 0 Å². The molecule has 0 aromatic heterocycles. The highest BCUT2D eigenvalue weighted by Gasteiger charge is 2.21. The van der Waals surface area contributed by atoms with E-state index in [0.29, 0.717) is 11.3 Å². The lowest BCUT2D eigenvalue weighted by Crippen LogP contribution is -2.13. The molecule has 0 heterocycles. The Balaban J connectivity index is 2.33. The first-order chi connectivity index (χ1) is 11.1. The van der Waals surface area contributed by atoms with E-state index in [-0.39, 0.29) is 17.1 Å². The summed E-state index contributed by atoms with van der Waals surface area (Å²) in [5.41, 5.74) is 0.418. The van der Waals surface area contributed by atoms with Crippen LogP contribution in [-0.2, 0) is 4.74 Å². The van der Waals surface area contributed by atoms with E-state index in [1.807, 2.05) is 0 Å². The second-order valence-electron chi connectivity index (χ2n) is 4.45. The zero-order chi connectivity index (χ0) is 16.8. The predicted octanol–water partition coefficient (Wildman–Crippen LogP) is 2.71. The van der Waals surface area contributed by atoms with E-state index in [9.17, 15) is 9.59 Å². The van der Waals surface area contributed by atoms with Crippen LogP contribution in [0.4, 0.5) is 0 Å². The molecule has 0 saturated carbocycles. The van der Waals surface area contributed by atoms with Gasteiger partial charge in [0.1, 0.15) is 11.3 Å². The summed E-state index contributed by atoms with van der Waals surface area (Å²) in [7, 11) is 4.20. The third-order valence-corrected chi connectivity index (χ3v) is 3.12. The molecule has 0 spiro atoms. The highest BCUT2D eigenvalue weighted by molar-refractivity contribution is 5.97. The third-order valence-electron chi connectivity index (χ3n) is 3.12. The minimum atomic E-state index is -0.624. The second kappa shape index (κ2) is 7.31. The van der Waals surface area contributed by atoms with Gasteiger partial charge < -0.3 is 18.9 Å². The van der Waals surface area contributed by atoms with Crippen molar-refractivity contribution in [1.29, 1.82) is 0 Å². The summed E-state index contributed by atoms with van der Waals surface area (Å²) >= 11 is 0. The van der Waals surface area contributed by atoms with Gasteiger partial charge in [0.2, 0.25) is 0 Å². The minimum absolute atomic E-state index is 0.0164. The molecule has 0 aliphatic heterocycles. The van der Waals surface area contributed by atoms with E-state index < -0.39 is 11.9 Å². The number of para-hydroxylation sites is 1. The van der Waals surface area contributed by atoms with Gasteiger partial charge in [-0.25, -0.2) is 9.59 Å². The number of carbonyl (C=O) groups excluding carboxylic acids is 2.